The van der Waals surface area contributed by atoms with Gasteiger partial charge in [-0.25, -0.2) is 0 Å². The molecule has 0 N–H and O–H groups in total. The Kier molecular flexibility index (Phi) is 5.00. The molecule has 0 aliphatic rings. The van der Waals surface area contributed by atoms with Crippen LogP contribution < -0.4 is 0 Å². The van der Waals surface area contributed by atoms with E-state index in [4.69, 9.17) is 0 Å². The van der Waals surface area contributed by atoms with E-state index in [1.165, 1.54) is 50.0 Å². The molecule has 0 saturated carbocycles. The summed E-state index contributed by atoms with van der Waals surface area (Å²) in [5.74, 6) is 0. The van der Waals surface area contributed by atoms with Crippen molar-refractivity contribution in [2.75, 3.05) is 0 Å². The standard InChI is InChI=1S/C38H23F3/c1-22-10-11-24-15-20-32-33(21-16-25-14-19-27(22)35(24)36(25)32)37-30-8-4-2-6-28(30)34(29-7-3-5-9-31(29)37)23-12-17-26(18-13-23)38(39,40)41/h2-21H,1H3. The Morgan fingerprint density at radius 1 is 0.439 bits per heavy atom. The van der Waals surface area contributed by atoms with Crippen LogP contribution in [0.5, 0.6) is 0 Å². The maximum Gasteiger partial charge on any atom is 0.416 e. The number of alkyl halides is 3. The highest BCUT2D eigenvalue weighted by atomic mass is 19.4. The van der Waals surface area contributed by atoms with E-state index in [0.29, 0.717) is 0 Å². The first kappa shape index (κ1) is 24.0. The molecule has 3 heteroatoms. The SMILES string of the molecule is Cc1ccc2ccc3c(-c4c5ccccc5c(-c5ccc(C(F)(F)F)cc5)c5ccccc45)ccc4ccc1c2c43. The van der Waals surface area contributed by atoms with Gasteiger partial charge in [0.2, 0.25) is 0 Å². The first-order chi connectivity index (χ1) is 19.9. The summed E-state index contributed by atoms with van der Waals surface area (Å²) < 4.78 is 40.1. The van der Waals surface area contributed by atoms with Crippen LogP contribution in [-0.2, 0) is 6.18 Å². The average Bonchev–Trinajstić information content (AvgIpc) is 2.99. The highest BCUT2D eigenvalue weighted by Crippen LogP contribution is 2.47. The Morgan fingerprint density at radius 2 is 0.927 bits per heavy atom. The number of hydrogen-bond acceptors (Lipinski definition) is 0. The highest BCUT2D eigenvalue weighted by molar-refractivity contribution is 6.29. The van der Waals surface area contributed by atoms with Gasteiger partial charge < -0.3 is 0 Å². The quantitative estimate of drug-likeness (QED) is 0.152. The van der Waals surface area contributed by atoms with E-state index in [9.17, 15) is 13.2 Å². The molecular formula is C38H23F3. The van der Waals surface area contributed by atoms with Crippen LogP contribution in [0.2, 0.25) is 0 Å². The fourth-order valence-electron chi connectivity index (χ4n) is 6.72. The Labute approximate surface area is 234 Å². The van der Waals surface area contributed by atoms with Gasteiger partial charge in [-0.15, -0.1) is 0 Å². The summed E-state index contributed by atoms with van der Waals surface area (Å²) in [5.41, 5.74) is 4.62. The molecule has 196 valence electrons. The number of aryl methyl sites for hydroxylation is 1. The summed E-state index contributed by atoms with van der Waals surface area (Å²) >= 11 is 0. The van der Waals surface area contributed by atoms with Gasteiger partial charge in [0.25, 0.3) is 0 Å². The van der Waals surface area contributed by atoms with Crippen molar-refractivity contribution in [1.82, 2.24) is 0 Å². The van der Waals surface area contributed by atoms with E-state index in [2.05, 4.69) is 79.7 Å². The number of fused-ring (bicyclic) bond motifs is 2. The van der Waals surface area contributed by atoms with Gasteiger partial charge in [0.1, 0.15) is 0 Å². The van der Waals surface area contributed by atoms with Crippen molar-refractivity contribution in [3.8, 4) is 22.3 Å². The van der Waals surface area contributed by atoms with E-state index >= 15 is 0 Å². The molecule has 0 nitrogen and oxygen atoms in total. The first-order valence-corrected chi connectivity index (χ1v) is 13.7. The predicted molar refractivity (Wildman–Crippen MR) is 166 cm³/mol. The zero-order chi connectivity index (χ0) is 27.9. The Bertz CT molecular complexity index is 2230. The van der Waals surface area contributed by atoms with E-state index in [-0.39, 0.29) is 0 Å². The third kappa shape index (κ3) is 3.48. The van der Waals surface area contributed by atoms with Crippen LogP contribution in [-0.4, -0.2) is 0 Å². The van der Waals surface area contributed by atoms with Crippen LogP contribution in [0.15, 0.2) is 121 Å². The zero-order valence-corrected chi connectivity index (χ0v) is 22.2. The summed E-state index contributed by atoms with van der Waals surface area (Å²) in [6, 6.07) is 39.8. The second-order valence-electron chi connectivity index (χ2n) is 10.8. The minimum atomic E-state index is -4.37. The van der Waals surface area contributed by atoms with Gasteiger partial charge >= 0.3 is 6.18 Å². The number of halogens is 3. The smallest absolute Gasteiger partial charge is 0.166 e. The topological polar surface area (TPSA) is 0 Å². The number of benzene rings is 8. The maximum absolute atomic E-state index is 13.4. The molecule has 0 heterocycles. The lowest BCUT2D eigenvalue weighted by Crippen LogP contribution is -2.04. The van der Waals surface area contributed by atoms with Crippen molar-refractivity contribution >= 4 is 53.9 Å². The molecule has 0 aliphatic heterocycles. The molecule has 0 atom stereocenters. The van der Waals surface area contributed by atoms with Crippen LogP contribution in [0.4, 0.5) is 13.2 Å². The third-order valence-electron chi connectivity index (χ3n) is 8.58. The van der Waals surface area contributed by atoms with Gasteiger partial charge in [0.15, 0.2) is 0 Å². The molecule has 0 bridgehead atoms. The lowest BCUT2D eigenvalue weighted by molar-refractivity contribution is -0.137. The van der Waals surface area contributed by atoms with Crippen molar-refractivity contribution in [2.45, 2.75) is 13.1 Å². The summed E-state index contributed by atoms with van der Waals surface area (Å²) in [5, 5.41) is 11.6. The minimum Gasteiger partial charge on any atom is -0.166 e. The fraction of sp³-hybridized carbons (Fsp3) is 0.0526. The van der Waals surface area contributed by atoms with Gasteiger partial charge in [-0.05, 0) is 101 Å². The summed E-state index contributed by atoms with van der Waals surface area (Å²) in [6.07, 6.45) is -4.37. The highest BCUT2D eigenvalue weighted by Gasteiger charge is 2.30. The van der Waals surface area contributed by atoms with Gasteiger partial charge in [0, 0.05) is 0 Å². The second kappa shape index (κ2) is 8.55. The molecule has 0 fully saturated rings. The lowest BCUT2D eigenvalue weighted by atomic mass is 9.83. The van der Waals surface area contributed by atoms with Crippen molar-refractivity contribution in [2.24, 2.45) is 0 Å². The van der Waals surface area contributed by atoms with Crippen LogP contribution in [0.1, 0.15) is 11.1 Å². The van der Waals surface area contributed by atoms with Crippen LogP contribution in [0.3, 0.4) is 0 Å². The first-order valence-electron chi connectivity index (χ1n) is 13.7. The van der Waals surface area contributed by atoms with Crippen molar-refractivity contribution in [1.29, 1.82) is 0 Å². The molecule has 8 rings (SSSR count). The van der Waals surface area contributed by atoms with Crippen LogP contribution >= 0.6 is 0 Å². The molecular weight excluding hydrogens is 513 g/mol. The molecule has 8 aromatic rings. The van der Waals surface area contributed by atoms with Gasteiger partial charge in [-0.2, -0.15) is 13.2 Å². The van der Waals surface area contributed by atoms with Gasteiger partial charge in [-0.1, -0.05) is 109 Å². The minimum absolute atomic E-state index is 0.643. The van der Waals surface area contributed by atoms with Crippen molar-refractivity contribution in [3.63, 3.8) is 0 Å². The largest absolute Gasteiger partial charge is 0.416 e. The number of rotatable bonds is 2. The van der Waals surface area contributed by atoms with Crippen LogP contribution in [0.25, 0.3) is 76.1 Å². The molecule has 0 aliphatic carbocycles. The van der Waals surface area contributed by atoms with Gasteiger partial charge in [-0.3, -0.25) is 0 Å². The fourth-order valence-corrected chi connectivity index (χ4v) is 6.72. The Morgan fingerprint density at radius 3 is 1.51 bits per heavy atom. The van der Waals surface area contributed by atoms with Crippen LogP contribution in [0, 0.1) is 6.92 Å². The molecule has 0 aromatic heterocycles. The Balaban J connectivity index is 1.50. The zero-order valence-electron chi connectivity index (χ0n) is 22.2. The Hall–Kier alpha value is -4.89. The van der Waals surface area contributed by atoms with E-state index in [0.717, 1.165) is 43.8 Å². The molecule has 0 unspecified atom stereocenters. The number of hydrogen-bond donors (Lipinski definition) is 0. The normalized spacial score (nSPS) is 12.4. The lowest BCUT2D eigenvalue weighted by Gasteiger charge is -2.20. The second-order valence-corrected chi connectivity index (χ2v) is 10.8. The maximum atomic E-state index is 13.4. The van der Waals surface area contributed by atoms with E-state index < -0.39 is 11.7 Å². The molecule has 0 amide bonds. The summed E-state index contributed by atoms with van der Waals surface area (Å²) in [4.78, 5) is 0. The van der Waals surface area contributed by atoms with Crippen molar-refractivity contribution in [3.05, 3.63) is 132 Å². The molecule has 0 spiro atoms. The molecule has 8 aromatic carbocycles. The van der Waals surface area contributed by atoms with Crippen molar-refractivity contribution < 1.29 is 13.2 Å². The molecule has 0 saturated heterocycles. The average molecular weight is 537 g/mol. The van der Waals surface area contributed by atoms with E-state index in [1.54, 1.807) is 12.1 Å². The third-order valence-corrected chi connectivity index (χ3v) is 8.58. The molecule has 0 radical (unpaired) electrons. The summed E-state index contributed by atoms with van der Waals surface area (Å²) in [6.45, 7) is 2.16. The molecule has 41 heavy (non-hydrogen) atoms. The summed E-state index contributed by atoms with van der Waals surface area (Å²) in [7, 11) is 0. The predicted octanol–water partition coefficient (Wildman–Crippen LogP) is 11.6. The van der Waals surface area contributed by atoms with Gasteiger partial charge in [0.05, 0.1) is 5.56 Å². The monoisotopic (exact) mass is 536 g/mol. The van der Waals surface area contributed by atoms with E-state index in [1.807, 2.05) is 24.3 Å².